The van der Waals surface area contributed by atoms with Crippen molar-refractivity contribution in [2.75, 3.05) is 18.5 Å². The number of carbonyl (C=O) groups excluding carboxylic acids is 1. The van der Waals surface area contributed by atoms with Crippen molar-refractivity contribution in [3.63, 3.8) is 0 Å². The lowest BCUT2D eigenvalue weighted by atomic mass is 9.95. The Kier molecular flexibility index (Phi) is 6.38. The highest BCUT2D eigenvalue weighted by Gasteiger charge is 2.16. The Morgan fingerprint density at radius 2 is 1.73 bits per heavy atom. The number of benzene rings is 1. The molecule has 0 unspecified atom stereocenters. The fraction of sp³-hybridized carbons (Fsp3) is 0.588. The smallest absolute Gasteiger partial charge is 0.412 e. The van der Waals surface area contributed by atoms with Gasteiger partial charge in [-0.3, -0.25) is 5.32 Å². The van der Waals surface area contributed by atoms with E-state index in [-0.39, 0.29) is 12.0 Å². The molecule has 0 heterocycles. The summed E-state index contributed by atoms with van der Waals surface area (Å²) in [6.07, 6.45) is -0.455. The Balaban J connectivity index is 2.45. The van der Waals surface area contributed by atoms with Gasteiger partial charge in [-0.15, -0.1) is 0 Å². The molecule has 0 fully saturated rings. The first-order valence-corrected chi connectivity index (χ1v) is 7.52. The maximum absolute atomic E-state index is 11.7. The van der Waals surface area contributed by atoms with E-state index in [0.29, 0.717) is 5.69 Å². The second-order valence-electron chi connectivity index (χ2n) is 7.25. The van der Waals surface area contributed by atoms with Crippen molar-refractivity contribution in [1.29, 1.82) is 0 Å². The molecule has 1 aromatic carbocycles. The highest BCUT2D eigenvalue weighted by molar-refractivity contribution is 5.84. The van der Waals surface area contributed by atoms with Gasteiger partial charge in [-0.2, -0.15) is 0 Å². The summed E-state index contributed by atoms with van der Waals surface area (Å²) in [4.78, 5) is 11.7. The zero-order chi connectivity index (χ0) is 16.8. The molecule has 0 aliphatic rings. The van der Waals surface area contributed by atoms with Crippen molar-refractivity contribution in [1.82, 2.24) is 5.32 Å². The molecule has 5 heteroatoms. The van der Waals surface area contributed by atoms with Crippen LogP contribution in [0.15, 0.2) is 24.3 Å². The Morgan fingerprint density at radius 1 is 1.14 bits per heavy atom. The summed E-state index contributed by atoms with van der Waals surface area (Å²) in [5, 5.41) is 15.2. The van der Waals surface area contributed by atoms with Crippen LogP contribution >= 0.6 is 0 Å². The number of amides is 1. The van der Waals surface area contributed by atoms with Crippen LogP contribution in [0.4, 0.5) is 10.5 Å². The van der Waals surface area contributed by atoms with E-state index in [1.165, 1.54) is 0 Å². The van der Waals surface area contributed by atoms with E-state index in [0.717, 1.165) is 18.7 Å². The number of rotatable bonds is 6. The second-order valence-corrected chi connectivity index (χ2v) is 7.25. The molecule has 1 rings (SSSR count). The Hall–Kier alpha value is -1.59. The number of hydrogen-bond donors (Lipinski definition) is 3. The van der Waals surface area contributed by atoms with E-state index >= 15 is 0 Å². The first-order valence-electron chi connectivity index (χ1n) is 7.52. The fourth-order valence-corrected chi connectivity index (χ4v) is 1.73. The zero-order valence-electron chi connectivity index (χ0n) is 14.2. The predicted molar refractivity (Wildman–Crippen MR) is 88.9 cm³/mol. The zero-order valence-corrected chi connectivity index (χ0v) is 14.2. The first kappa shape index (κ1) is 18.5. The maximum Gasteiger partial charge on any atom is 0.412 e. The summed E-state index contributed by atoms with van der Waals surface area (Å²) in [7, 11) is 0. The number of carbonyl (C=O) groups is 1. The summed E-state index contributed by atoms with van der Waals surface area (Å²) in [6, 6.07) is 7.59. The predicted octanol–water partition coefficient (Wildman–Crippen LogP) is 3.14. The average molecular weight is 308 g/mol. The number of aliphatic hydroxyl groups excluding tert-OH is 1. The lowest BCUT2D eigenvalue weighted by Gasteiger charge is -2.22. The van der Waals surface area contributed by atoms with Gasteiger partial charge in [0.2, 0.25) is 0 Å². The standard InChI is InChI=1S/C17H28N2O3/c1-16(2,3)22-15(21)19-14-8-6-13(7-9-14)10-18-11-17(4,5)12-20/h6-9,18,20H,10-12H2,1-5H3,(H,19,21). The van der Waals surface area contributed by atoms with E-state index in [1.54, 1.807) is 0 Å². The molecular weight excluding hydrogens is 280 g/mol. The van der Waals surface area contributed by atoms with Gasteiger partial charge in [0.25, 0.3) is 0 Å². The highest BCUT2D eigenvalue weighted by Crippen LogP contribution is 2.14. The SMILES string of the molecule is CC(C)(CO)CNCc1ccc(NC(=O)OC(C)(C)C)cc1. The van der Waals surface area contributed by atoms with Crippen LogP contribution in [0.1, 0.15) is 40.2 Å². The van der Waals surface area contributed by atoms with Crippen molar-refractivity contribution >= 4 is 11.8 Å². The van der Waals surface area contributed by atoms with Gasteiger partial charge in [-0.25, -0.2) is 4.79 Å². The Bertz CT molecular complexity index is 476. The minimum atomic E-state index is -0.506. The van der Waals surface area contributed by atoms with Gasteiger partial charge in [0, 0.05) is 30.8 Å². The third kappa shape index (κ3) is 7.43. The van der Waals surface area contributed by atoms with E-state index in [4.69, 9.17) is 4.74 Å². The molecule has 0 radical (unpaired) electrons. The molecule has 0 spiro atoms. The largest absolute Gasteiger partial charge is 0.444 e. The molecule has 22 heavy (non-hydrogen) atoms. The van der Waals surface area contributed by atoms with Crippen molar-refractivity contribution < 1.29 is 14.6 Å². The molecule has 0 saturated heterocycles. The second kappa shape index (κ2) is 7.61. The molecular formula is C17H28N2O3. The van der Waals surface area contributed by atoms with Crippen LogP contribution in [0.2, 0.25) is 0 Å². The topological polar surface area (TPSA) is 70.6 Å². The van der Waals surface area contributed by atoms with Crippen molar-refractivity contribution in [3.8, 4) is 0 Å². The quantitative estimate of drug-likeness (QED) is 0.755. The van der Waals surface area contributed by atoms with Crippen LogP contribution in [0, 0.1) is 5.41 Å². The molecule has 0 saturated carbocycles. The van der Waals surface area contributed by atoms with E-state index in [1.807, 2.05) is 58.9 Å². The molecule has 0 aliphatic heterocycles. The Labute approximate surface area is 133 Å². The average Bonchev–Trinajstić information content (AvgIpc) is 2.38. The van der Waals surface area contributed by atoms with Crippen LogP contribution < -0.4 is 10.6 Å². The number of hydrogen-bond acceptors (Lipinski definition) is 4. The normalized spacial score (nSPS) is 12.1. The maximum atomic E-state index is 11.7. The Morgan fingerprint density at radius 3 is 2.23 bits per heavy atom. The van der Waals surface area contributed by atoms with Crippen LogP contribution in [0.3, 0.4) is 0 Å². The van der Waals surface area contributed by atoms with Gasteiger partial charge in [-0.05, 0) is 38.5 Å². The molecule has 124 valence electrons. The van der Waals surface area contributed by atoms with Crippen molar-refractivity contribution in [3.05, 3.63) is 29.8 Å². The van der Waals surface area contributed by atoms with E-state index < -0.39 is 11.7 Å². The van der Waals surface area contributed by atoms with Gasteiger partial charge in [0.05, 0.1) is 0 Å². The summed E-state index contributed by atoms with van der Waals surface area (Å²) in [5.74, 6) is 0. The molecule has 0 aromatic heterocycles. The van der Waals surface area contributed by atoms with Crippen LogP contribution in [0.5, 0.6) is 0 Å². The fourth-order valence-electron chi connectivity index (χ4n) is 1.73. The third-order valence-corrected chi connectivity index (χ3v) is 2.96. The van der Waals surface area contributed by atoms with Gasteiger partial charge in [0.1, 0.15) is 5.60 Å². The lowest BCUT2D eigenvalue weighted by molar-refractivity contribution is 0.0636. The summed E-state index contributed by atoms with van der Waals surface area (Å²) in [6.45, 7) is 11.1. The van der Waals surface area contributed by atoms with Crippen LogP contribution in [0.25, 0.3) is 0 Å². The third-order valence-electron chi connectivity index (χ3n) is 2.96. The van der Waals surface area contributed by atoms with Crippen molar-refractivity contribution in [2.24, 2.45) is 5.41 Å². The summed E-state index contributed by atoms with van der Waals surface area (Å²) < 4.78 is 5.20. The molecule has 5 nitrogen and oxygen atoms in total. The van der Waals surface area contributed by atoms with Crippen molar-refractivity contribution in [2.45, 2.75) is 46.8 Å². The molecule has 0 atom stereocenters. The minimum absolute atomic E-state index is 0.127. The molecule has 1 aromatic rings. The number of anilines is 1. The number of aliphatic hydroxyl groups is 1. The van der Waals surface area contributed by atoms with Crippen LogP contribution in [-0.4, -0.2) is 30.0 Å². The number of nitrogens with one attached hydrogen (secondary N) is 2. The van der Waals surface area contributed by atoms with Gasteiger partial charge in [0.15, 0.2) is 0 Å². The molecule has 3 N–H and O–H groups in total. The highest BCUT2D eigenvalue weighted by atomic mass is 16.6. The molecule has 0 bridgehead atoms. The summed E-state index contributed by atoms with van der Waals surface area (Å²) in [5.41, 5.74) is 1.18. The van der Waals surface area contributed by atoms with Gasteiger partial charge in [-0.1, -0.05) is 26.0 Å². The van der Waals surface area contributed by atoms with Gasteiger partial charge >= 0.3 is 6.09 Å². The van der Waals surface area contributed by atoms with Crippen LogP contribution in [-0.2, 0) is 11.3 Å². The number of ether oxygens (including phenoxy) is 1. The van der Waals surface area contributed by atoms with E-state index in [9.17, 15) is 9.90 Å². The minimum Gasteiger partial charge on any atom is -0.444 e. The first-order chi connectivity index (χ1) is 10.1. The summed E-state index contributed by atoms with van der Waals surface area (Å²) >= 11 is 0. The molecule has 0 aliphatic carbocycles. The molecule has 1 amide bonds. The monoisotopic (exact) mass is 308 g/mol. The lowest BCUT2D eigenvalue weighted by Crippen LogP contribution is -2.31. The van der Waals surface area contributed by atoms with Gasteiger partial charge < -0.3 is 15.2 Å². The van der Waals surface area contributed by atoms with E-state index in [2.05, 4.69) is 10.6 Å².